The molecule has 6 heterocycles. The molecule has 4 aromatic carbocycles. The van der Waals surface area contributed by atoms with Gasteiger partial charge in [-0.25, -0.2) is 4.99 Å². The number of alkyl halides is 1. The quantitative estimate of drug-likeness (QED) is 0.0100. The zero-order valence-electron chi connectivity index (χ0n) is 54.4. The van der Waals surface area contributed by atoms with Crippen LogP contribution in [0.1, 0.15) is 59.7 Å². The number of anilines is 5. The van der Waals surface area contributed by atoms with Gasteiger partial charge in [0.2, 0.25) is 0 Å². The number of amidine groups is 1. The highest BCUT2D eigenvalue weighted by molar-refractivity contribution is 14.0. The third-order valence-electron chi connectivity index (χ3n) is 13.6. The van der Waals surface area contributed by atoms with Crippen LogP contribution in [0.2, 0.25) is 0 Å². The molecule has 0 bridgehead atoms. The van der Waals surface area contributed by atoms with Gasteiger partial charge in [-0.2, -0.15) is 0 Å². The zero-order valence-corrected chi connectivity index (χ0v) is 60.8. The minimum absolute atomic E-state index is 0. The maximum Gasteiger partial charge on any atom is 0.269 e. The van der Waals surface area contributed by atoms with Crippen molar-refractivity contribution in [2.75, 3.05) is 179 Å². The second-order valence-electron chi connectivity index (χ2n) is 21.6. The number of aryl methyl sites for hydroxylation is 1. The Hall–Kier alpha value is -5.36. The van der Waals surface area contributed by atoms with Gasteiger partial charge < -0.3 is 61.3 Å². The van der Waals surface area contributed by atoms with Gasteiger partial charge in [0.1, 0.15) is 10.9 Å². The number of nitrogen functional groups attached to an aromatic ring is 1. The van der Waals surface area contributed by atoms with Crippen molar-refractivity contribution in [2.24, 2.45) is 10.7 Å². The van der Waals surface area contributed by atoms with Crippen molar-refractivity contribution in [1.82, 2.24) is 19.6 Å². The van der Waals surface area contributed by atoms with Gasteiger partial charge in [0, 0.05) is 144 Å². The monoisotopic (exact) mass is 1470 g/mol. The number of aliphatic hydroxyl groups excluding tert-OH is 2. The van der Waals surface area contributed by atoms with Gasteiger partial charge in [-0.05, 0) is 202 Å². The first-order chi connectivity index (χ1) is 42.1. The third kappa shape index (κ3) is 31.9. The van der Waals surface area contributed by atoms with E-state index in [1.807, 2.05) is 86.5 Å². The van der Waals surface area contributed by atoms with Crippen molar-refractivity contribution in [3.63, 3.8) is 0 Å². The van der Waals surface area contributed by atoms with Crippen LogP contribution in [0.5, 0.6) is 0 Å². The Bertz CT molecular complexity index is 3020. The number of thiophene rings is 2. The lowest BCUT2D eigenvalue weighted by molar-refractivity contribution is -0.385. The third-order valence-corrected chi connectivity index (χ3v) is 16.3. The molecule has 8 N–H and O–H groups in total. The Morgan fingerprint density at radius 2 is 1.10 bits per heavy atom. The number of nitro groups is 2. The lowest BCUT2D eigenvalue weighted by Crippen LogP contribution is -2.35. The number of hydrogen-bond acceptors (Lipinski definition) is 20. The Balaban J connectivity index is 0.00000108. The largest absolute Gasteiger partial charge is 0.399 e. The number of benzene rings is 4. The van der Waals surface area contributed by atoms with Crippen molar-refractivity contribution in [1.29, 1.82) is 5.41 Å². The van der Waals surface area contributed by atoms with Gasteiger partial charge in [-0.15, -0.1) is 82.4 Å². The van der Waals surface area contributed by atoms with E-state index in [9.17, 15) is 20.2 Å². The molecule has 0 unspecified atom stereocenters. The maximum atomic E-state index is 10.7. The van der Waals surface area contributed by atoms with Gasteiger partial charge in [0.25, 0.3) is 11.4 Å². The van der Waals surface area contributed by atoms with E-state index >= 15 is 0 Å². The standard InChI is InChI=1S/C18H24N4S.C12H17N3O2.C12H19N3.C8H8N2O2.C6H7NS2.C4H10ClN.2C2H6O.CH4.ClH.HI/c1-21(2)10-11-22-9-3-5-14-13-15(7-8-16(14)22)20-18(19)17-6-4-12-23-17;1-13(2)7-8-14-6-5-10-9-11(15(16)17)3-4-12(10)14;1-14(2)7-8-15-6-5-10-9-11(13)3-4-12(10)15;11-10(12)7-1-2-8-6(5-7)3-4-9-8;1-8-6(7)5-3-2-4-9-5;1-6(2)4-3-5;2*1-2-3;;;/h4,6-8,12-13H,3,5,9-11H2,1-2H3,(H2,19,20);3-4,9H,5-8H2,1-2H3;3-4,9H,5-8,13H2,1-2H3;1-2,5,9H,3-4H2;2-4,7H,1H3;3-4H2,1-2H3;2*3H,2H2,1H3;1H4;2*1H. The Morgan fingerprint density at radius 1 is 0.659 bits per heavy atom. The molecule has 4 aliphatic rings. The molecule has 0 atom stereocenters. The van der Waals surface area contributed by atoms with E-state index in [2.05, 4.69) is 98.2 Å². The molecule has 6 aromatic rings. The van der Waals surface area contributed by atoms with Crippen molar-refractivity contribution in [3.8, 4) is 0 Å². The average molecular weight is 1470 g/mol. The number of nitrogens with one attached hydrogen (secondary N) is 2. The summed E-state index contributed by atoms with van der Waals surface area (Å²) in [5, 5.41) is 51.4. The predicted molar refractivity (Wildman–Crippen MR) is 407 cm³/mol. The number of halogens is 3. The van der Waals surface area contributed by atoms with Crippen LogP contribution >= 0.6 is 82.4 Å². The van der Waals surface area contributed by atoms with Crippen LogP contribution in [-0.4, -0.2) is 204 Å². The van der Waals surface area contributed by atoms with Crippen LogP contribution < -0.4 is 31.5 Å². The van der Waals surface area contributed by atoms with Crippen molar-refractivity contribution < 1.29 is 20.1 Å². The van der Waals surface area contributed by atoms with Crippen LogP contribution in [0.15, 0.2) is 113 Å². The lowest BCUT2D eigenvalue weighted by atomic mass is 10.0. The summed E-state index contributed by atoms with van der Waals surface area (Å²) in [7, 11) is 16.6. The number of rotatable bonds is 16. The molecule has 4 aliphatic heterocycles. The first-order valence-electron chi connectivity index (χ1n) is 29.5. The molecule has 0 radical (unpaired) electrons. The number of nitrogens with two attached hydrogens (primary N) is 2. The molecule has 2 aromatic heterocycles. The summed E-state index contributed by atoms with van der Waals surface area (Å²) in [5.41, 5.74) is 23.9. The lowest BCUT2D eigenvalue weighted by Gasteiger charge is -2.32. The van der Waals surface area contributed by atoms with Gasteiger partial charge in [-0.3, -0.25) is 25.6 Å². The highest BCUT2D eigenvalue weighted by atomic mass is 127. The van der Waals surface area contributed by atoms with Crippen molar-refractivity contribution >= 4 is 139 Å². The molecule has 10 rings (SSSR count). The van der Waals surface area contributed by atoms with Crippen LogP contribution in [0.25, 0.3) is 0 Å². The van der Waals surface area contributed by atoms with Crippen LogP contribution in [-0.2, 0) is 25.7 Å². The molecule has 91 heavy (non-hydrogen) atoms. The summed E-state index contributed by atoms with van der Waals surface area (Å²) in [6, 6.07) is 30.7. The second kappa shape index (κ2) is 47.5. The van der Waals surface area contributed by atoms with E-state index in [4.69, 9.17) is 38.7 Å². The number of nitro benzene ring substituents is 2. The van der Waals surface area contributed by atoms with Crippen LogP contribution in [0.3, 0.4) is 0 Å². The first-order valence-corrected chi connectivity index (χ1v) is 33.1. The van der Waals surface area contributed by atoms with Crippen molar-refractivity contribution in [2.45, 2.75) is 53.4 Å². The molecular weight excluding hydrogens is 1370 g/mol. The fraction of sp³-hybridized carbons (Fsp3) is 0.477. The minimum atomic E-state index is -0.362. The summed E-state index contributed by atoms with van der Waals surface area (Å²) in [4.78, 5) is 42.9. The molecule has 0 amide bonds. The average Bonchev–Trinajstić information content (AvgIpc) is 1.93. The zero-order chi connectivity index (χ0) is 65.1. The van der Waals surface area contributed by atoms with E-state index in [1.54, 1.807) is 60.8 Å². The molecule has 20 nitrogen and oxygen atoms in total. The molecular formula is C65H103Cl2IN14O6S3. The highest BCUT2D eigenvalue weighted by Gasteiger charge is 2.23. The Morgan fingerprint density at radius 3 is 1.55 bits per heavy atom. The molecule has 508 valence electrons. The van der Waals surface area contributed by atoms with E-state index < -0.39 is 0 Å². The second-order valence-corrected chi connectivity index (χ2v) is 24.7. The number of fused-ring (bicyclic) bond motifs is 4. The summed E-state index contributed by atoms with van der Waals surface area (Å²) < 4.78 is 0. The summed E-state index contributed by atoms with van der Waals surface area (Å²) in [6.07, 6.45) is 7.17. The highest BCUT2D eigenvalue weighted by Crippen LogP contribution is 2.33. The van der Waals surface area contributed by atoms with Gasteiger partial charge in [0.15, 0.2) is 0 Å². The molecule has 0 fully saturated rings. The van der Waals surface area contributed by atoms with Crippen molar-refractivity contribution in [3.05, 3.63) is 160 Å². The number of aliphatic imine (C=N–C) groups is 1. The molecule has 0 saturated carbocycles. The summed E-state index contributed by atoms with van der Waals surface area (Å²) >= 11 is 10.1. The number of hydrogen-bond donors (Lipinski definition) is 6. The first kappa shape index (κ1) is 85.6. The van der Waals surface area contributed by atoms with Gasteiger partial charge >= 0.3 is 0 Å². The summed E-state index contributed by atoms with van der Waals surface area (Å²) in [5.74, 6) is 1.33. The van der Waals surface area contributed by atoms with E-state index in [-0.39, 0.29) is 78.2 Å². The van der Waals surface area contributed by atoms with E-state index in [0.717, 1.165) is 147 Å². The number of non-ortho nitro benzene ring substituents is 2. The fourth-order valence-corrected chi connectivity index (χ4v) is 11.3. The fourth-order valence-electron chi connectivity index (χ4n) is 9.15. The SMILES string of the molecule is C.CCO.CCO.CN(C)CCCl.CN(C)CCN1CCCc2cc(N=C(N)c3cccs3)ccc21.CN(C)CCN1CCc2cc(N)ccc21.CN(C)CCN1CCc2cc([N+](=O)[O-])ccc21.CSC(=N)c1cccs1.Cl.I.O=[N+]([O-])c1ccc2c(c1)CCN2. The van der Waals surface area contributed by atoms with Crippen LogP contribution in [0, 0.1) is 25.6 Å². The molecule has 0 spiro atoms. The summed E-state index contributed by atoms with van der Waals surface area (Å²) in [6.45, 7) is 15.3. The Labute approximate surface area is 583 Å². The smallest absolute Gasteiger partial charge is 0.269 e. The van der Waals surface area contributed by atoms with Gasteiger partial charge in [-0.1, -0.05) is 19.6 Å². The predicted octanol–water partition coefficient (Wildman–Crippen LogP) is 12.3. The Kier molecular flexibility index (Phi) is 44.7. The van der Waals surface area contributed by atoms with Crippen LogP contribution in [0.4, 0.5) is 45.5 Å². The minimum Gasteiger partial charge on any atom is -0.399 e. The molecule has 26 heteroatoms. The maximum absolute atomic E-state index is 10.7. The van der Waals surface area contributed by atoms with Gasteiger partial charge in [0.05, 0.1) is 25.3 Å². The van der Waals surface area contributed by atoms with E-state index in [1.165, 1.54) is 46.8 Å². The number of nitrogens with zero attached hydrogens (tertiary/aromatic N) is 10. The number of likely N-dealkylation sites (N-methyl/N-ethyl adjacent to an activating group) is 3. The number of thioether (sulfide) groups is 1. The molecule has 0 aliphatic carbocycles. The number of aliphatic hydroxyl groups is 2. The van der Waals surface area contributed by atoms with E-state index in [0.29, 0.717) is 10.9 Å². The topological polar surface area (TPSA) is 250 Å². The molecule has 0 saturated heterocycles. The normalized spacial score (nSPS) is 12.7.